The van der Waals surface area contributed by atoms with Gasteiger partial charge < -0.3 is 4.74 Å². The van der Waals surface area contributed by atoms with Gasteiger partial charge in [-0.15, -0.1) is 0 Å². The maximum absolute atomic E-state index is 12.1. The molecule has 0 amide bonds. The van der Waals surface area contributed by atoms with Gasteiger partial charge in [0, 0.05) is 0 Å². The SMILES string of the molecule is Cc1ccc(S(=O)(=O)N/N=C\c2ccc(OC(C)C)cc2)cc1. The van der Waals surface area contributed by atoms with Gasteiger partial charge in [0.05, 0.1) is 17.2 Å². The van der Waals surface area contributed by atoms with E-state index in [1.165, 1.54) is 6.21 Å². The minimum Gasteiger partial charge on any atom is -0.491 e. The monoisotopic (exact) mass is 332 g/mol. The van der Waals surface area contributed by atoms with E-state index in [4.69, 9.17) is 4.74 Å². The molecule has 0 atom stereocenters. The molecule has 0 heterocycles. The number of benzene rings is 2. The second-order valence-corrected chi connectivity index (χ2v) is 7.06. The molecule has 2 aromatic carbocycles. The number of hydrogen-bond donors (Lipinski definition) is 1. The van der Waals surface area contributed by atoms with E-state index in [1.54, 1.807) is 36.4 Å². The fourth-order valence-corrected chi connectivity index (χ4v) is 2.64. The zero-order chi connectivity index (χ0) is 16.9. The number of ether oxygens (including phenoxy) is 1. The Morgan fingerprint density at radius 2 is 1.65 bits per heavy atom. The van der Waals surface area contributed by atoms with Gasteiger partial charge in [-0.2, -0.15) is 13.5 Å². The summed E-state index contributed by atoms with van der Waals surface area (Å²) >= 11 is 0. The molecule has 0 aliphatic heterocycles. The van der Waals surface area contributed by atoms with E-state index in [9.17, 15) is 8.42 Å². The van der Waals surface area contributed by atoms with E-state index in [0.717, 1.165) is 16.9 Å². The number of hydrogen-bond acceptors (Lipinski definition) is 4. The molecule has 122 valence electrons. The number of rotatable bonds is 6. The molecule has 2 aromatic rings. The third-order valence-electron chi connectivity index (χ3n) is 2.97. The Bertz CT molecular complexity index is 764. The van der Waals surface area contributed by atoms with Crippen molar-refractivity contribution < 1.29 is 13.2 Å². The van der Waals surface area contributed by atoms with Crippen molar-refractivity contribution in [1.29, 1.82) is 0 Å². The lowest BCUT2D eigenvalue weighted by Gasteiger charge is -2.09. The van der Waals surface area contributed by atoms with Gasteiger partial charge in [-0.3, -0.25) is 0 Å². The van der Waals surface area contributed by atoms with Crippen LogP contribution in [-0.2, 0) is 10.0 Å². The first-order valence-electron chi connectivity index (χ1n) is 7.25. The molecule has 0 aliphatic rings. The van der Waals surface area contributed by atoms with Crippen LogP contribution in [-0.4, -0.2) is 20.7 Å². The predicted molar refractivity (Wildman–Crippen MR) is 91.3 cm³/mol. The molecule has 2 rings (SSSR count). The average molecular weight is 332 g/mol. The zero-order valence-corrected chi connectivity index (χ0v) is 14.2. The summed E-state index contributed by atoms with van der Waals surface area (Å²) in [7, 11) is -3.64. The van der Waals surface area contributed by atoms with Crippen LogP contribution in [0.5, 0.6) is 5.75 Å². The second-order valence-electron chi connectivity index (χ2n) is 5.40. The van der Waals surface area contributed by atoms with Crippen LogP contribution < -0.4 is 9.57 Å². The fraction of sp³-hybridized carbons (Fsp3) is 0.235. The molecule has 0 spiro atoms. The summed E-state index contributed by atoms with van der Waals surface area (Å²) in [5, 5.41) is 3.80. The Morgan fingerprint density at radius 1 is 1.04 bits per heavy atom. The standard InChI is InChI=1S/C17H20N2O3S/c1-13(2)22-16-8-6-15(7-9-16)12-18-19-23(20,21)17-10-4-14(3)5-11-17/h4-13,19H,1-3H3/b18-12-. The lowest BCUT2D eigenvalue weighted by molar-refractivity contribution is 0.242. The van der Waals surface area contributed by atoms with Gasteiger partial charge >= 0.3 is 0 Å². The first kappa shape index (κ1) is 17.0. The summed E-state index contributed by atoms with van der Waals surface area (Å²) in [6.45, 7) is 5.80. The molecular formula is C17H20N2O3S. The molecule has 0 unspecified atom stereocenters. The highest BCUT2D eigenvalue weighted by atomic mass is 32.2. The van der Waals surface area contributed by atoms with Crippen molar-refractivity contribution in [3.05, 3.63) is 59.7 Å². The van der Waals surface area contributed by atoms with Crippen LogP contribution in [0.3, 0.4) is 0 Å². The quantitative estimate of drug-likeness (QED) is 0.653. The maximum Gasteiger partial charge on any atom is 0.276 e. The van der Waals surface area contributed by atoms with E-state index >= 15 is 0 Å². The number of nitrogens with zero attached hydrogens (tertiary/aromatic N) is 1. The van der Waals surface area contributed by atoms with Crippen LogP contribution in [0.1, 0.15) is 25.0 Å². The summed E-state index contributed by atoms with van der Waals surface area (Å²) in [5.41, 5.74) is 1.77. The lowest BCUT2D eigenvalue weighted by Crippen LogP contribution is -2.18. The molecule has 5 nitrogen and oxygen atoms in total. The predicted octanol–water partition coefficient (Wildman–Crippen LogP) is 3.09. The Morgan fingerprint density at radius 3 is 2.22 bits per heavy atom. The topological polar surface area (TPSA) is 67.8 Å². The summed E-state index contributed by atoms with van der Waals surface area (Å²) in [4.78, 5) is 2.38. The van der Waals surface area contributed by atoms with Crippen LogP contribution in [0, 0.1) is 6.92 Å². The van der Waals surface area contributed by atoms with Crippen LogP contribution in [0.4, 0.5) is 0 Å². The van der Waals surface area contributed by atoms with Crippen molar-refractivity contribution in [2.75, 3.05) is 0 Å². The third-order valence-corrected chi connectivity index (χ3v) is 4.21. The molecule has 1 N–H and O–H groups in total. The van der Waals surface area contributed by atoms with Gasteiger partial charge in [0.15, 0.2) is 0 Å². The van der Waals surface area contributed by atoms with Crippen LogP contribution in [0.25, 0.3) is 0 Å². The first-order valence-corrected chi connectivity index (χ1v) is 8.73. The molecule has 0 radical (unpaired) electrons. The minimum absolute atomic E-state index is 0.107. The zero-order valence-electron chi connectivity index (χ0n) is 13.4. The van der Waals surface area contributed by atoms with E-state index < -0.39 is 10.0 Å². The highest BCUT2D eigenvalue weighted by molar-refractivity contribution is 7.89. The summed E-state index contributed by atoms with van der Waals surface area (Å²) in [6.07, 6.45) is 1.56. The van der Waals surface area contributed by atoms with E-state index in [0.29, 0.717) is 0 Å². The van der Waals surface area contributed by atoms with Crippen molar-refractivity contribution in [1.82, 2.24) is 4.83 Å². The molecule has 23 heavy (non-hydrogen) atoms. The molecule has 0 bridgehead atoms. The fourth-order valence-electron chi connectivity index (χ4n) is 1.85. The van der Waals surface area contributed by atoms with Crippen molar-refractivity contribution in [2.24, 2.45) is 5.10 Å². The largest absolute Gasteiger partial charge is 0.491 e. The molecule has 0 aliphatic carbocycles. The molecule has 0 saturated heterocycles. The Hall–Kier alpha value is -2.34. The Balaban J connectivity index is 2.01. The smallest absolute Gasteiger partial charge is 0.276 e. The van der Waals surface area contributed by atoms with Gasteiger partial charge in [0.2, 0.25) is 0 Å². The normalized spacial score (nSPS) is 11.8. The molecule has 0 aromatic heterocycles. The van der Waals surface area contributed by atoms with Crippen molar-refractivity contribution in [3.8, 4) is 5.75 Å². The maximum atomic E-state index is 12.1. The first-order chi connectivity index (χ1) is 10.9. The molecule has 6 heteroatoms. The second kappa shape index (κ2) is 7.28. The van der Waals surface area contributed by atoms with E-state index in [-0.39, 0.29) is 11.0 Å². The number of sulfonamides is 1. The molecular weight excluding hydrogens is 312 g/mol. The van der Waals surface area contributed by atoms with Gasteiger partial charge in [-0.05, 0) is 62.7 Å². The average Bonchev–Trinajstić information content (AvgIpc) is 2.49. The Kier molecular flexibility index (Phi) is 5.39. The van der Waals surface area contributed by atoms with Crippen molar-refractivity contribution in [2.45, 2.75) is 31.8 Å². The summed E-state index contributed by atoms with van der Waals surface area (Å²) < 4.78 is 29.7. The van der Waals surface area contributed by atoms with Gasteiger partial charge in [0.25, 0.3) is 10.0 Å². The number of hydrazone groups is 1. The van der Waals surface area contributed by atoms with Crippen LogP contribution in [0.15, 0.2) is 58.5 Å². The molecule has 0 saturated carbocycles. The lowest BCUT2D eigenvalue weighted by atomic mass is 10.2. The highest BCUT2D eigenvalue weighted by Gasteiger charge is 2.11. The van der Waals surface area contributed by atoms with Gasteiger partial charge in [-0.25, -0.2) is 4.83 Å². The Labute approximate surface area is 137 Å². The number of aryl methyl sites for hydroxylation is 1. The van der Waals surface area contributed by atoms with E-state index in [1.807, 2.05) is 32.9 Å². The summed E-state index contributed by atoms with van der Waals surface area (Å²) in [6, 6.07) is 13.8. The number of nitrogens with one attached hydrogen (secondary N) is 1. The van der Waals surface area contributed by atoms with Crippen molar-refractivity contribution >= 4 is 16.2 Å². The van der Waals surface area contributed by atoms with Crippen LogP contribution >= 0.6 is 0 Å². The minimum atomic E-state index is -3.64. The summed E-state index contributed by atoms with van der Waals surface area (Å²) in [5.74, 6) is 0.761. The van der Waals surface area contributed by atoms with E-state index in [2.05, 4.69) is 9.93 Å². The third kappa shape index (κ3) is 5.10. The van der Waals surface area contributed by atoms with Crippen LogP contribution in [0.2, 0.25) is 0 Å². The van der Waals surface area contributed by atoms with Gasteiger partial charge in [0.1, 0.15) is 5.75 Å². The van der Waals surface area contributed by atoms with Gasteiger partial charge in [-0.1, -0.05) is 17.7 Å². The highest BCUT2D eigenvalue weighted by Crippen LogP contribution is 2.13. The van der Waals surface area contributed by atoms with Crippen molar-refractivity contribution in [3.63, 3.8) is 0 Å². The molecule has 0 fully saturated rings.